The molecule has 10 nitrogen and oxygen atoms in total. The highest BCUT2D eigenvalue weighted by atomic mass is 16.3. The van der Waals surface area contributed by atoms with Crippen LogP contribution in [0.3, 0.4) is 0 Å². The number of aromatic amines is 1. The minimum absolute atomic E-state index is 0.0265. The first-order valence-corrected chi connectivity index (χ1v) is 12.8. The van der Waals surface area contributed by atoms with E-state index in [2.05, 4.69) is 32.4 Å². The highest BCUT2D eigenvalue weighted by molar-refractivity contribution is 5.79. The molecule has 2 fully saturated rings. The average molecular weight is 507 g/mol. The lowest BCUT2D eigenvalue weighted by Crippen LogP contribution is -2.44. The quantitative estimate of drug-likeness (QED) is 0.403. The summed E-state index contributed by atoms with van der Waals surface area (Å²) in [4.78, 5) is 29.8. The van der Waals surface area contributed by atoms with E-state index in [9.17, 15) is 19.8 Å². The molecule has 3 aromatic rings. The Morgan fingerprint density at radius 3 is 2.49 bits per heavy atom. The third kappa shape index (κ3) is 5.40. The first-order valence-electron chi connectivity index (χ1n) is 12.8. The SMILES string of the molecule is Cc1cc(-c2n[nH]c(=O)n2-c2ccc(CN3CCC(C(=O)NC4CCN(C)C4)CC3)cc2)c(O)cc1O. The monoisotopic (exact) mass is 506 g/mol. The Morgan fingerprint density at radius 1 is 1.08 bits per heavy atom. The molecule has 196 valence electrons. The maximum Gasteiger partial charge on any atom is 0.348 e. The fraction of sp³-hybridized carbons (Fsp3) is 0.444. The zero-order valence-corrected chi connectivity index (χ0v) is 21.3. The number of amides is 1. The molecule has 1 atom stereocenters. The third-order valence-corrected chi connectivity index (χ3v) is 7.52. The maximum absolute atomic E-state index is 12.7. The van der Waals surface area contributed by atoms with Gasteiger partial charge in [0, 0.05) is 31.1 Å². The molecule has 0 bridgehead atoms. The van der Waals surface area contributed by atoms with Crippen LogP contribution >= 0.6 is 0 Å². The smallest absolute Gasteiger partial charge is 0.348 e. The number of aryl methyl sites for hydroxylation is 1. The molecule has 0 saturated carbocycles. The zero-order chi connectivity index (χ0) is 26.1. The lowest BCUT2D eigenvalue weighted by atomic mass is 9.95. The van der Waals surface area contributed by atoms with Gasteiger partial charge in [-0.1, -0.05) is 12.1 Å². The van der Waals surface area contributed by atoms with E-state index in [1.807, 2.05) is 24.3 Å². The number of aromatic hydroxyl groups is 2. The van der Waals surface area contributed by atoms with Crippen molar-refractivity contribution in [2.75, 3.05) is 33.2 Å². The molecule has 37 heavy (non-hydrogen) atoms. The third-order valence-electron chi connectivity index (χ3n) is 7.52. The normalized spacial score (nSPS) is 19.4. The number of hydrogen-bond acceptors (Lipinski definition) is 7. The summed E-state index contributed by atoms with van der Waals surface area (Å²) in [6, 6.07) is 10.8. The van der Waals surface area contributed by atoms with Gasteiger partial charge in [0.2, 0.25) is 5.91 Å². The molecule has 5 rings (SSSR count). The van der Waals surface area contributed by atoms with Gasteiger partial charge in [0.1, 0.15) is 11.5 Å². The summed E-state index contributed by atoms with van der Waals surface area (Å²) >= 11 is 0. The second-order valence-corrected chi connectivity index (χ2v) is 10.3. The number of aromatic nitrogens is 3. The number of H-pyrrole nitrogens is 1. The number of piperidine rings is 1. The van der Waals surface area contributed by atoms with Crippen LogP contribution in [0.25, 0.3) is 17.1 Å². The summed E-state index contributed by atoms with van der Waals surface area (Å²) in [5, 5.41) is 30.0. The maximum atomic E-state index is 12.7. The van der Waals surface area contributed by atoms with Crippen LogP contribution < -0.4 is 11.0 Å². The number of likely N-dealkylation sites (tertiary alicyclic amines) is 2. The van der Waals surface area contributed by atoms with Crippen LogP contribution in [-0.4, -0.2) is 80.0 Å². The molecule has 2 aromatic carbocycles. The van der Waals surface area contributed by atoms with Crippen LogP contribution in [0.1, 0.15) is 30.4 Å². The predicted molar refractivity (Wildman–Crippen MR) is 140 cm³/mol. The molecule has 4 N–H and O–H groups in total. The molecule has 2 aliphatic rings. The van der Waals surface area contributed by atoms with E-state index >= 15 is 0 Å². The first-order chi connectivity index (χ1) is 17.8. The minimum Gasteiger partial charge on any atom is -0.508 e. The molecule has 1 unspecified atom stereocenters. The molecule has 3 heterocycles. The van der Waals surface area contributed by atoms with E-state index in [1.165, 1.54) is 10.6 Å². The summed E-state index contributed by atoms with van der Waals surface area (Å²) in [5.41, 5.74) is 2.23. The van der Waals surface area contributed by atoms with Crippen molar-refractivity contribution in [3.05, 3.63) is 58.0 Å². The highest BCUT2D eigenvalue weighted by Crippen LogP contribution is 2.34. The van der Waals surface area contributed by atoms with Crippen LogP contribution in [-0.2, 0) is 11.3 Å². The van der Waals surface area contributed by atoms with Crippen LogP contribution in [0.5, 0.6) is 11.5 Å². The summed E-state index contributed by atoms with van der Waals surface area (Å²) < 4.78 is 1.40. The molecule has 0 spiro atoms. The number of nitrogens with zero attached hydrogens (tertiary/aromatic N) is 4. The number of benzene rings is 2. The summed E-state index contributed by atoms with van der Waals surface area (Å²) in [6.07, 6.45) is 2.74. The molecular formula is C27H34N6O4. The number of carbonyl (C=O) groups excluding carboxylic acids is 1. The van der Waals surface area contributed by atoms with Gasteiger partial charge in [-0.05, 0) is 82.2 Å². The van der Waals surface area contributed by atoms with Crippen molar-refractivity contribution in [3.63, 3.8) is 0 Å². The van der Waals surface area contributed by atoms with Gasteiger partial charge in [-0.2, -0.15) is 5.10 Å². The second-order valence-electron chi connectivity index (χ2n) is 10.3. The molecule has 10 heteroatoms. The zero-order valence-electron chi connectivity index (χ0n) is 21.3. The van der Waals surface area contributed by atoms with Gasteiger partial charge in [-0.3, -0.25) is 9.69 Å². The van der Waals surface area contributed by atoms with Gasteiger partial charge in [0.25, 0.3) is 0 Å². The standard InChI is InChI=1S/C27H34N6O4/c1-17-13-22(24(35)14-23(17)34)25-29-30-27(37)33(25)21-5-3-18(4-6-21)15-32-11-7-19(8-12-32)26(36)28-20-9-10-31(2)16-20/h3-6,13-14,19-20,34-35H,7-12,15-16H2,1-2H3,(H,28,36)(H,30,37). The van der Waals surface area contributed by atoms with Crippen molar-refractivity contribution in [1.82, 2.24) is 29.9 Å². The molecule has 1 amide bonds. The fourth-order valence-corrected chi connectivity index (χ4v) is 5.32. The number of rotatable bonds is 6. The Morgan fingerprint density at radius 2 is 1.81 bits per heavy atom. The number of phenols is 2. The van der Waals surface area contributed by atoms with E-state index in [0.717, 1.165) is 57.5 Å². The largest absolute Gasteiger partial charge is 0.508 e. The van der Waals surface area contributed by atoms with E-state index in [0.29, 0.717) is 16.8 Å². The van der Waals surface area contributed by atoms with Crippen molar-refractivity contribution in [2.24, 2.45) is 5.92 Å². The topological polar surface area (TPSA) is 127 Å². The van der Waals surface area contributed by atoms with Gasteiger partial charge in [-0.15, -0.1) is 0 Å². The van der Waals surface area contributed by atoms with E-state index in [4.69, 9.17) is 0 Å². The van der Waals surface area contributed by atoms with Crippen LogP contribution in [0, 0.1) is 12.8 Å². The van der Waals surface area contributed by atoms with E-state index in [1.54, 1.807) is 13.0 Å². The highest BCUT2D eigenvalue weighted by Gasteiger charge is 2.28. The minimum atomic E-state index is -0.419. The number of nitrogens with one attached hydrogen (secondary N) is 2. The van der Waals surface area contributed by atoms with Gasteiger partial charge < -0.3 is 20.4 Å². The predicted octanol–water partition coefficient (Wildman–Crippen LogP) is 1.98. The van der Waals surface area contributed by atoms with Crippen molar-refractivity contribution >= 4 is 5.91 Å². The first kappa shape index (κ1) is 25.0. The van der Waals surface area contributed by atoms with E-state index in [-0.39, 0.29) is 35.2 Å². The van der Waals surface area contributed by atoms with E-state index < -0.39 is 5.69 Å². The lowest BCUT2D eigenvalue weighted by Gasteiger charge is -2.32. The fourth-order valence-electron chi connectivity index (χ4n) is 5.32. The Hall–Kier alpha value is -3.63. The molecule has 1 aromatic heterocycles. The summed E-state index contributed by atoms with van der Waals surface area (Å²) in [6.45, 7) is 6.20. The Balaban J connectivity index is 1.22. The van der Waals surface area contributed by atoms with Gasteiger partial charge in [0.15, 0.2) is 5.82 Å². The van der Waals surface area contributed by atoms with Crippen LogP contribution in [0.2, 0.25) is 0 Å². The summed E-state index contributed by atoms with van der Waals surface area (Å²) in [5.74, 6) is 0.355. The van der Waals surface area contributed by atoms with Gasteiger partial charge >= 0.3 is 5.69 Å². The Labute approximate surface area is 215 Å². The number of carbonyl (C=O) groups is 1. The summed E-state index contributed by atoms with van der Waals surface area (Å²) in [7, 11) is 2.09. The molecule has 2 aliphatic heterocycles. The molecule has 0 radical (unpaired) electrons. The average Bonchev–Trinajstić information content (AvgIpc) is 3.47. The lowest BCUT2D eigenvalue weighted by molar-refractivity contribution is -0.127. The van der Waals surface area contributed by atoms with Crippen molar-refractivity contribution in [2.45, 2.75) is 38.8 Å². The van der Waals surface area contributed by atoms with Crippen LogP contribution in [0.4, 0.5) is 0 Å². The molecule has 2 saturated heterocycles. The number of likely N-dealkylation sites (N-methyl/N-ethyl adjacent to an activating group) is 1. The van der Waals surface area contributed by atoms with Crippen LogP contribution in [0.15, 0.2) is 41.2 Å². The van der Waals surface area contributed by atoms with Crippen molar-refractivity contribution < 1.29 is 15.0 Å². The number of hydrogen-bond donors (Lipinski definition) is 4. The van der Waals surface area contributed by atoms with Gasteiger partial charge in [0.05, 0.1) is 11.3 Å². The van der Waals surface area contributed by atoms with Crippen molar-refractivity contribution in [1.29, 1.82) is 0 Å². The number of phenolic OH excluding ortho intramolecular Hbond substituents is 2. The van der Waals surface area contributed by atoms with Crippen molar-refractivity contribution in [3.8, 4) is 28.6 Å². The second kappa shape index (κ2) is 10.4. The Kier molecular flexibility index (Phi) is 7.03. The molecular weight excluding hydrogens is 472 g/mol. The molecule has 0 aliphatic carbocycles. The van der Waals surface area contributed by atoms with Gasteiger partial charge in [-0.25, -0.2) is 14.5 Å². The Bertz CT molecular complexity index is 1320.